The Hall–Kier alpha value is -2.20. The van der Waals surface area contributed by atoms with Crippen molar-refractivity contribution in [3.8, 4) is 0 Å². The van der Waals surface area contributed by atoms with E-state index in [9.17, 15) is 13.2 Å². The second-order valence-electron chi connectivity index (χ2n) is 5.87. The van der Waals surface area contributed by atoms with Gasteiger partial charge < -0.3 is 10.3 Å². The predicted octanol–water partition coefficient (Wildman–Crippen LogP) is 2.52. The van der Waals surface area contributed by atoms with Crippen LogP contribution >= 0.6 is 15.9 Å². The van der Waals surface area contributed by atoms with Crippen LogP contribution in [0.4, 0.5) is 5.82 Å². The molecular formula is C16H18BrN5O3S. The number of aromatic amines is 1. The monoisotopic (exact) mass is 439 g/mol. The first kappa shape index (κ1) is 18.6. The third-order valence-electron chi connectivity index (χ3n) is 3.99. The highest BCUT2D eigenvalue weighted by atomic mass is 79.9. The summed E-state index contributed by atoms with van der Waals surface area (Å²) >= 11 is 3.35. The number of halogens is 1. The van der Waals surface area contributed by atoms with E-state index in [1.807, 2.05) is 6.07 Å². The van der Waals surface area contributed by atoms with E-state index in [4.69, 9.17) is 0 Å². The van der Waals surface area contributed by atoms with E-state index in [0.717, 1.165) is 10.0 Å². The van der Waals surface area contributed by atoms with E-state index in [-0.39, 0.29) is 24.0 Å². The zero-order chi connectivity index (χ0) is 18.9. The zero-order valence-electron chi connectivity index (χ0n) is 14.3. The fraction of sp³-hybridized carbons (Fsp3) is 0.312. The molecule has 26 heavy (non-hydrogen) atoms. The van der Waals surface area contributed by atoms with Crippen molar-refractivity contribution in [1.29, 1.82) is 0 Å². The van der Waals surface area contributed by atoms with Crippen molar-refractivity contribution in [1.82, 2.24) is 19.7 Å². The standard InChI is InChI=1S/C16H18BrN5O3S/c1-3-26(24,25)5-4-22-9-10(2)14(21-22)20-16(23)13-8-19-15-12(13)6-11(17)7-18-15/h6-9H,3-5H2,1-2H3,(H,18,19)(H,20,21,23). The summed E-state index contributed by atoms with van der Waals surface area (Å²) in [7, 11) is -3.07. The Kier molecular flexibility index (Phi) is 5.15. The lowest BCUT2D eigenvalue weighted by molar-refractivity contribution is 0.102. The lowest BCUT2D eigenvalue weighted by atomic mass is 10.2. The van der Waals surface area contributed by atoms with Gasteiger partial charge in [-0.15, -0.1) is 0 Å². The summed E-state index contributed by atoms with van der Waals surface area (Å²) in [5, 5.41) is 7.75. The summed E-state index contributed by atoms with van der Waals surface area (Å²) in [6.07, 6.45) is 4.96. The van der Waals surface area contributed by atoms with E-state index in [1.54, 1.807) is 32.4 Å². The summed E-state index contributed by atoms with van der Waals surface area (Å²) in [6, 6.07) is 1.81. The van der Waals surface area contributed by atoms with Crippen LogP contribution < -0.4 is 5.32 Å². The van der Waals surface area contributed by atoms with Gasteiger partial charge in [-0.2, -0.15) is 5.10 Å². The molecular weight excluding hydrogens is 422 g/mol. The maximum absolute atomic E-state index is 12.6. The fourth-order valence-electron chi connectivity index (χ4n) is 2.48. The van der Waals surface area contributed by atoms with E-state index >= 15 is 0 Å². The van der Waals surface area contributed by atoms with Crippen molar-refractivity contribution in [3.05, 3.63) is 40.3 Å². The van der Waals surface area contributed by atoms with E-state index in [0.29, 0.717) is 22.4 Å². The molecule has 138 valence electrons. The molecule has 0 aliphatic rings. The number of carbonyl (C=O) groups excluding carboxylic acids is 1. The SMILES string of the molecule is CCS(=O)(=O)CCn1cc(C)c(NC(=O)c2c[nH]c3ncc(Br)cc23)n1. The van der Waals surface area contributed by atoms with Gasteiger partial charge in [-0.1, -0.05) is 6.92 Å². The first-order chi connectivity index (χ1) is 12.3. The summed E-state index contributed by atoms with van der Waals surface area (Å²) in [5.74, 6) is 0.202. The Labute approximate surface area is 159 Å². The highest BCUT2D eigenvalue weighted by molar-refractivity contribution is 9.10. The van der Waals surface area contributed by atoms with Crippen LogP contribution in [0.1, 0.15) is 22.8 Å². The Morgan fingerprint density at radius 3 is 2.92 bits per heavy atom. The van der Waals surface area contributed by atoms with Crippen molar-refractivity contribution in [2.45, 2.75) is 20.4 Å². The Bertz CT molecular complexity index is 1070. The Morgan fingerprint density at radius 1 is 1.42 bits per heavy atom. The maximum Gasteiger partial charge on any atom is 0.259 e. The van der Waals surface area contributed by atoms with Gasteiger partial charge in [-0.3, -0.25) is 9.48 Å². The number of pyridine rings is 1. The molecule has 0 saturated carbocycles. The molecule has 0 bridgehead atoms. The molecule has 1 amide bonds. The Morgan fingerprint density at radius 2 is 2.19 bits per heavy atom. The molecule has 0 radical (unpaired) electrons. The van der Waals surface area contributed by atoms with Crippen LogP contribution in [0.2, 0.25) is 0 Å². The van der Waals surface area contributed by atoms with Gasteiger partial charge in [0.2, 0.25) is 0 Å². The van der Waals surface area contributed by atoms with Crippen LogP contribution in [-0.4, -0.2) is 45.6 Å². The summed E-state index contributed by atoms with van der Waals surface area (Å²) in [4.78, 5) is 19.8. The quantitative estimate of drug-likeness (QED) is 0.612. The topological polar surface area (TPSA) is 110 Å². The molecule has 0 saturated heterocycles. The van der Waals surface area contributed by atoms with Crippen LogP contribution in [-0.2, 0) is 16.4 Å². The number of amides is 1. The van der Waals surface area contributed by atoms with Crippen LogP contribution in [0.3, 0.4) is 0 Å². The molecule has 8 nitrogen and oxygen atoms in total. The van der Waals surface area contributed by atoms with Crippen molar-refractivity contribution in [3.63, 3.8) is 0 Å². The summed E-state index contributed by atoms with van der Waals surface area (Å²) in [6.45, 7) is 3.67. The zero-order valence-corrected chi connectivity index (χ0v) is 16.7. The average Bonchev–Trinajstić information content (AvgIpc) is 3.16. The van der Waals surface area contributed by atoms with Crippen molar-refractivity contribution in [2.75, 3.05) is 16.8 Å². The van der Waals surface area contributed by atoms with E-state index < -0.39 is 9.84 Å². The van der Waals surface area contributed by atoms with Gasteiger partial charge in [0.15, 0.2) is 15.7 Å². The number of nitrogens with one attached hydrogen (secondary N) is 2. The van der Waals surface area contributed by atoms with Crippen molar-refractivity contribution < 1.29 is 13.2 Å². The molecule has 0 aliphatic heterocycles. The number of carbonyl (C=O) groups is 1. The molecule has 0 aliphatic carbocycles. The second-order valence-corrected chi connectivity index (χ2v) is 9.25. The third-order valence-corrected chi connectivity index (χ3v) is 6.11. The van der Waals surface area contributed by atoms with Gasteiger partial charge in [-0.25, -0.2) is 13.4 Å². The number of anilines is 1. The molecule has 0 atom stereocenters. The number of hydrogen-bond acceptors (Lipinski definition) is 5. The number of fused-ring (bicyclic) bond motifs is 1. The van der Waals surface area contributed by atoms with E-state index in [1.165, 1.54) is 4.68 Å². The highest BCUT2D eigenvalue weighted by Gasteiger charge is 2.16. The minimum atomic E-state index is -3.07. The molecule has 3 aromatic heterocycles. The van der Waals surface area contributed by atoms with Crippen molar-refractivity contribution >= 4 is 48.5 Å². The lowest BCUT2D eigenvalue weighted by Gasteiger charge is -2.03. The minimum Gasteiger partial charge on any atom is -0.345 e. The van der Waals surface area contributed by atoms with Gasteiger partial charge in [0.05, 0.1) is 17.9 Å². The summed E-state index contributed by atoms with van der Waals surface area (Å²) in [5.41, 5.74) is 1.83. The van der Waals surface area contributed by atoms with Crippen LogP contribution in [0, 0.1) is 6.92 Å². The number of rotatable bonds is 6. The van der Waals surface area contributed by atoms with E-state index in [2.05, 4.69) is 36.3 Å². The maximum atomic E-state index is 12.6. The van der Waals surface area contributed by atoms with Crippen LogP contribution in [0.25, 0.3) is 11.0 Å². The second kappa shape index (κ2) is 7.20. The average molecular weight is 440 g/mol. The smallest absolute Gasteiger partial charge is 0.259 e. The molecule has 3 aromatic rings. The van der Waals surface area contributed by atoms with Crippen LogP contribution in [0.15, 0.2) is 29.1 Å². The number of aryl methyl sites for hydroxylation is 2. The summed E-state index contributed by atoms with van der Waals surface area (Å²) < 4.78 is 25.6. The first-order valence-corrected chi connectivity index (χ1v) is 10.6. The van der Waals surface area contributed by atoms with Gasteiger partial charge >= 0.3 is 0 Å². The van der Waals surface area contributed by atoms with Gasteiger partial charge in [0.1, 0.15) is 5.65 Å². The predicted molar refractivity (Wildman–Crippen MR) is 103 cm³/mol. The lowest BCUT2D eigenvalue weighted by Crippen LogP contribution is -2.16. The normalized spacial score (nSPS) is 11.8. The highest BCUT2D eigenvalue weighted by Crippen LogP contribution is 2.22. The number of nitrogens with zero attached hydrogens (tertiary/aromatic N) is 3. The van der Waals surface area contributed by atoms with Gasteiger partial charge in [0, 0.05) is 39.8 Å². The molecule has 0 fully saturated rings. The third kappa shape index (κ3) is 3.96. The van der Waals surface area contributed by atoms with Gasteiger partial charge in [0.25, 0.3) is 5.91 Å². The van der Waals surface area contributed by atoms with Crippen molar-refractivity contribution in [2.24, 2.45) is 0 Å². The molecule has 0 aromatic carbocycles. The minimum absolute atomic E-state index is 0.0140. The fourth-order valence-corrected chi connectivity index (χ4v) is 3.56. The largest absolute Gasteiger partial charge is 0.345 e. The number of hydrogen-bond donors (Lipinski definition) is 2. The number of aromatic nitrogens is 4. The molecule has 2 N–H and O–H groups in total. The Balaban J connectivity index is 1.78. The molecule has 10 heteroatoms. The number of H-pyrrole nitrogens is 1. The molecule has 3 heterocycles. The van der Waals surface area contributed by atoms with Gasteiger partial charge in [-0.05, 0) is 28.9 Å². The van der Waals surface area contributed by atoms with Crippen LogP contribution in [0.5, 0.6) is 0 Å². The molecule has 0 unspecified atom stereocenters. The molecule has 0 spiro atoms. The first-order valence-electron chi connectivity index (χ1n) is 7.97. The number of sulfone groups is 1. The molecule has 3 rings (SSSR count).